The Bertz CT molecular complexity index is 611. The van der Waals surface area contributed by atoms with Gasteiger partial charge in [-0.2, -0.15) is 0 Å². The number of nitrogens with one attached hydrogen (secondary N) is 1. The molecule has 5 heteroatoms. The summed E-state index contributed by atoms with van der Waals surface area (Å²) in [6.07, 6.45) is -2.57. The molecular formula is C15H12FNO3. The Morgan fingerprint density at radius 3 is 2.05 bits per heavy atom. The van der Waals surface area contributed by atoms with Crippen LogP contribution in [0.1, 0.15) is 0 Å². The van der Waals surface area contributed by atoms with E-state index in [0.29, 0.717) is 5.69 Å². The minimum Gasteiger partial charge on any atom is -0.479 e. The number of carbonyl (C=O) groups excluding carboxylic acids is 1. The lowest BCUT2D eigenvalue weighted by molar-refractivity contribution is -0.146. The second kappa shape index (κ2) is 5.97. The molecule has 0 heterocycles. The monoisotopic (exact) mass is 273 g/mol. The number of hydrogen-bond acceptors (Lipinski definition) is 2. The molecule has 4 nitrogen and oxygen atoms in total. The number of carboxylic acid groups (broad SMARTS) is 1. The second-order valence-electron chi connectivity index (χ2n) is 4.13. The molecule has 0 spiro atoms. The maximum atomic E-state index is 12.9. The molecule has 102 valence electrons. The molecular weight excluding hydrogens is 261 g/mol. The first kappa shape index (κ1) is 13.7. The number of carbonyl (C=O) groups is 2. The molecule has 0 radical (unpaired) electrons. The fraction of sp³-hybridized carbons (Fsp3) is 0.0667. The summed E-state index contributed by atoms with van der Waals surface area (Å²) in [7, 11) is 0. The van der Waals surface area contributed by atoms with Gasteiger partial charge in [-0.1, -0.05) is 42.5 Å². The van der Waals surface area contributed by atoms with Gasteiger partial charge in [-0.15, -0.1) is 0 Å². The van der Waals surface area contributed by atoms with E-state index in [1.807, 2.05) is 30.3 Å². The summed E-state index contributed by atoms with van der Waals surface area (Å²) in [6, 6.07) is 16.3. The molecule has 1 atom stereocenters. The van der Waals surface area contributed by atoms with Gasteiger partial charge in [0.15, 0.2) is 0 Å². The lowest BCUT2D eigenvalue weighted by atomic mass is 10.1. The quantitative estimate of drug-likeness (QED) is 0.842. The van der Waals surface area contributed by atoms with E-state index in [-0.39, 0.29) is 0 Å². The van der Waals surface area contributed by atoms with Crippen molar-refractivity contribution >= 4 is 17.6 Å². The number of hydrogen-bond donors (Lipinski definition) is 2. The molecule has 0 aliphatic heterocycles. The molecule has 0 bridgehead atoms. The van der Waals surface area contributed by atoms with E-state index in [9.17, 15) is 14.0 Å². The Morgan fingerprint density at radius 2 is 1.50 bits per heavy atom. The van der Waals surface area contributed by atoms with Crippen LogP contribution in [0.3, 0.4) is 0 Å². The number of rotatable bonds is 4. The Balaban J connectivity index is 2.09. The molecule has 2 N–H and O–H groups in total. The number of amides is 1. The average molecular weight is 273 g/mol. The molecule has 0 aliphatic carbocycles. The van der Waals surface area contributed by atoms with Gasteiger partial charge in [-0.25, -0.2) is 9.18 Å². The first-order valence-electron chi connectivity index (χ1n) is 5.91. The van der Waals surface area contributed by atoms with E-state index in [4.69, 9.17) is 5.11 Å². The summed E-state index contributed by atoms with van der Waals surface area (Å²) in [5, 5.41) is 10.6. The van der Waals surface area contributed by atoms with Crippen LogP contribution in [0.25, 0.3) is 11.1 Å². The van der Waals surface area contributed by atoms with E-state index < -0.39 is 18.0 Å². The van der Waals surface area contributed by atoms with Gasteiger partial charge in [0.05, 0.1) is 0 Å². The highest BCUT2D eigenvalue weighted by molar-refractivity contribution is 6.06. The number of alkyl halides is 1. The molecule has 1 amide bonds. The Hall–Kier alpha value is -2.69. The number of halogens is 1. The second-order valence-corrected chi connectivity index (χ2v) is 4.13. The van der Waals surface area contributed by atoms with Crippen LogP contribution in [0.2, 0.25) is 0 Å². The van der Waals surface area contributed by atoms with Crippen molar-refractivity contribution in [2.75, 3.05) is 5.32 Å². The minimum absolute atomic E-state index is 0.346. The first-order valence-corrected chi connectivity index (χ1v) is 5.91. The normalized spacial score (nSPS) is 11.7. The Labute approximate surface area is 114 Å². The van der Waals surface area contributed by atoms with Crippen molar-refractivity contribution in [3.8, 4) is 11.1 Å². The zero-order chi connectivity index (χ0) is 14.5. The highest BCUT2D eigenvalue weighted by Crippen LogP contribution is 2.21. The van der Waals surface area contributed by atoms with Gasteiger partial charge in [0.2, 0.25) is 0 Å². The van der Waals surface area contributed by atoms with Gasteiger partial charge < -0.3 is 10.4 Å². The third kappa shape index (κ3) is 3.20. The Kier molecular flexibility index (Phi) is 4.10. The first-order chi connectivity index (χ1) is 9.58. The molecule has 0 saturated heterocycles. The number of anilines is 1. The van der Waals surface area contributed by atoms with Crippen LogP contribution in [0.15, 0.2) is 54.6 Å². The summed E-state index contributed by atoms with van der Waals surface area (Å²) in [4.78, 5) is 21.6. The summed E-state index contributed by atoms with van der Waals surface area (Å²) >= 11 is 0. The summed E-state index contributed by atoms with van der Waals surface area (Å²) in [5.41, 5.74) is 2.30. The van der Waals surface area contributed by atoms with Crippen LogP contribution in [0.4, 0.5) is 10.1 Å². The SMILES string of the molecule is O=C(O)C(F)C(=O)Nc1ccc(-c2ccccc2)cc1. The van der Waals surface area contributed by atoms with Gasteiger partial charge in [0, 0.05) is 5.69 Å². The number of aliphatic carboxylic acids is 1. The molecule has 2 aromatic rings. The summed E-state index contributed by atoms with van der Waals surface area (Å²) < 4.78 is 12.9. The van der Waals surface area contributed by atoms with Crippen molar-refractivity contribution in [3.05, 3.63) is 54.6 Å². The Morgan fingerprint density at radius 1 is 0.950 bits per heavy atom. The third-order valence-electron chi connectivity index (χ3n) is 2.71. The topological polar surface area (TPSA) is 66.4 Å². The molecule has 0 fully saturated rings. The highest BCUT2D eigenvalue weighted by atomic mass is 19.1. The molecule has 20 heavy (non-hydrogen) atoms. The van der Waals surface area contributed by atoms with Crippen LogP contribution in [-0.2, 0) is 9.59 Å². The van der Waals surface area contributed by atoms with Crippen LogP contribution in [0.5, 0.6) is 0 Å². The van der Waals surface area contributed by atoms with Crippen LogP contribution >= 0.6 is 0 Å². The highest BCUT2D eigenvalue weighted by Gasteiger charge is 2.25. The standard InChI is InChI=1S/C15H12FNO3/c16-13(15(19)20)14(18)17-12-8-6-11(7-9-12)10-4-2-1-3-5-10/h1-9,13H,(H,17,18)(H,19,20). The van der Waals surface area contributed by atoms with E-state index in [2.05, 4.69) is 5.32 Å². The predicted octanol–water partition coefficient (Wildman–Crippen LogP) is 2.71. The van der Waals surface area contributed by atoms with Crippen molar-refractivity contribution in [3.63, 3.8) is 0 Å². The van der Waals surface area contributed by atoms with Crippen molar-refractivity contribution in [1.82, 2.24) is 0 Å². The molecule has 1 unspecified atom stereocenters. The zero-order valence-electron chi connectivity index (χ0n) is 10.4. The number of benzene rings is 2. The van der Waals surface area contributed by atoms with E-state index >= 15 is 0 Å². The predicted molar refractivity (Wildman–Crippen MR) is 73.0 cm³/mol. The summed E-state index contributed by atoms with van der Waals surface area (Å²) in [5.74, 6) is -2.99. The molecule has 2 rings (SSSR count). The third-order valence-corrected chi connectivity index (χ3v) is 2.71. The maximum Gasteiger partial charge on any atom is 0.348 e. The molecule has 0 aliphatic rings. The lowest BCUT2D eigenvalue weighted by Crippen LogP contribution is -2.30. The van der Waals surface area contributed by atoms with Crippen molar-refractivity contribution in [2.24, 2.45) is 0 Å². The molecule has 2 aromatic carbocycles. The van der Waals surface area contributed by atoms with Crippen LogP contribution < -0.4 is 5.32 Å². The summed E-state index contributed by atoms with van der Waals surface area (Å²) in [6.45, 7) is 0. The van der Waals surface area contributed by atoms with Gasteiger partial charge >= 0.3 is 5.97 Å². The van der Waals surface area contributed by atoms with Gasteiger partial charge in [-0.05, 0) is 23.3 Å². The van der Waals surface area contributed by atoms with Gasteiger partial charge in [-0.3, -0.25) is 4.79 Å². The average Bonchev–Trinajstić information content (AvgIpc) is 2.48. The van der Waals surface area contributed by atoms with Crippen molar-refractivity contribution < 1.29 is 19.1 Å². The molecule has 0 saturated carbocycles. The largest absolute Gasteiger partial charge is 0.479 e. The van der Waals surface area contributed by atoms with Crippen LogP contribution in [0, 0.1) is 0 Å². The lowest BCUT2D eigenvalue weighted by Gasteiger charge is -2.07. The van der Waals surface area contributed by atoms with E-state index in [0.717, 1.165) is 11.1 Å². The maximum absolute atomic E-state index is 12.9. The van der Waals surface area contributed by atoms with Gasteiger partial charge in [0.25, 0.3) is 12.1 Å². The van der Waals surface area contributed by atoms with Crippen LogP contribution in [-0.4, -0.2) is 23.2 Å². The smallest absolute Gasteiger partial charge is 0.348 e. The minimum atomic E-state index is -2.57. The molecule has 0 aromatic heterocycles. The van der Waals surface area contributed by atoms with E-state index in [1.54, 1.807) is 24.3 Å². The fourth-order valence-electron chi connectivity index (χ4n) is 1.69. The zero-order valence-corrected chi connectivity index (χ0v) is 10.4. The van der Waals surface area contributed by atoms with Crippen molar-refractivity contribution in [1.29, 1.82) is 0 Å². The number of carboxylic acids is 1. The van der Waals surface area contributed by atoms with Crippen molar-refractivity contribution in [2.45, 2.75) is 6.17 Å². The fourth-order valence-corrected chi connectivity index (χ4v) is 1.69. The van der Waals surface area contributed by atoms with Gasteiger partial charge in [0.1, 0.15) is 0 Å². The van der Waals surface area contributed by atoms with E-state index in [1.165, 1.54) is 0 Å².